The van der Waals surface area contributed by atoms with Gasteiger partial charge in [-0.1, -0.05) is 23.7 Å². The summed E-state index contributed by atoms with van der Waals surface area (Å²) in [5.74, 6) is 0.305. The highest BCUT2D eigenvalue weighted by atomic mass is 35.5. The van der Waals surface area contributed by atoms with E-state index in [9.17, 15) is 10.2 Å². The summed E-state index contributed by atoms with van der Waals surface area (Å²) in [7, 11) is 0. The van der Waals surface area contributed by atoms with Crippen LogP contribution in [0.2, 0.25) is 5.02 Å². The minimum absolute atomic E-state index is 0.305. The van der Waals surface area contributed by atoms with E-state index in [0.717, 1.165) is 18.4 Å². The van der Waals surface area contributed by atoms with Gasteiger partial charge in [0.1, 0.15) is 0 Å². The number of rotatable bonds is 4. The normalized spacial score (nSPS) is 19.9. The quantitative estimate of drug-likeness (QED) is 0.825. The summed E-state index contributed by atoms with van der Waals surface area (Å²) >= 11 is 5.84. The molecule has 0 heterocycles. The number of hydrogen-bond acceptors (Lipinski definition) is 2. The number of aliphatic hydroxyl groups is 2. The first-order valence-electron chi connectivity index (χ1n) is 5.27. The minimum Gasteiger partial charge on any atom is -0.390 e. The second-order valence-electron chi connectivity index (χ2n) is 4.23. The van der Waals surface area contributed by atoms with E-state index in [-0.39, 0.29) is 0 Å². The molecule has 1 saturated carbocycles. The second kappa shape index (κ2) is 4.52. The highest BCUT2D eigenvalue weighted by molar-refractivity contribution is 6.30. The van der Waals surface area contributed by atoms with Crippen molar-refractivity contribution in [3.05, 3.63) is 34.9 Å². The maximum absolute atomic E-state index is 9.78. The SMILES string of the molecule is OC(Cc1cccc(Cl)c1)C(O)C1CC1. The maximum Gasteiger partial charge on any atom is 0.0842 e. The van der Waals surface area contributed by atoms with E-state index in [4.69, 9.17) is 11.6 Å². The third kappa shape index (κ3) is 2.94. The van der Waals surface area contributed by atoms with Crippen molar-refractivity contribution in [3.63, 3.8) is 0 Å². The molecule has 15 heavy (non-hydrogen) atoms. The molecule has 0 amide bonds. The molecule has 1 aliphatic carbocycles. The number of halogens is 1. The van der Waals surface area contributed by atoms with Crippen molar-refractivity contribution < 1.29 is 10.2 Å². The van der Waals surface area contributed by atoms with Crippen molar-refractivity contribution in [1.29, 1.82) is 0 Å². The Bertz CT molecular complexity index is 336. The first-order valence-corrected chi connectivity index (χ1v) is 5.65. The molecule has 2 unspecified atom stereocenters. The fraction of sp³-hybridized carbons (Fsp3) is 0.500. The van der Waals surface area contributed by atoms with E-state index < -0.39 is 12.2 Å². The van der Waals surface area contributed by atoms with Gasteiger partial charge in [-0.15, -0.1) is 0 Å². The molecule has 0 saturated heterocycles. The van der Waals surface area contributed by atoms with Gasteiger partial charge >= 0.3 is 0 Å². The first kappa shape index (κ1) is 10.9. The minimum atomic E-state index is -0.670. The molecule has 2 nitrogen and oxygen atoms in total. The zero-order valence-electron chi connectivity index (χ0n) is 8.44. The molecule has 2 atom stereocenters. The predicted molar refractivity (Wildman–Crippen MR) is 59.9 cm³/mol. The number of aliphatic hydroxyl groups excluding tert-OH is 2. The topological polar surface area (TPSA) is 40.5 Å². The molecule has 0 radical (unpaired) electrons. The van der Waals surface area contributed by atoms with Crippen molar-refractivity contribution in [2.45, 2.75) is 31.5 Å². The second-order valence-corrected chi connectivity index (χ2v) is 4.67. The van der Waals surface area contributed by atoms with Crippen LogP contribution in [0.5, 0.6) is 0 Å². The fourth-order valence-corrected chi connectivity index (χ4v) is 1.99. The van der Waals surface area contributed by atoms with Crippen LogP contribution in [0.4, 0.5) is 0 Å². The monoisotopic (exact) mass is 226 g/mol. The van der Waals surface area contributed by atoms with E-state index in [1.54, 1.807) is 6.07 Å². The Balaban J connectivity index is 1.95. The Morgan fingerprint density at radius 1 is 1.33 bits per heavy atom. The van der Waals surface area contributed by atoms with Crippen LogP contribution in [0.1, 0.15) is 18.4 Å². The standard InChI is InChI=1S/C12H15ClO2/c13-10-3-1-2-8(6-10)7-11(14)12(15)9-4-5-9/h1-3,6,9,11-12,14-15H,4-5,7H2. The zero-order chi connectivity index (χ0) is 10.8. The fourth-order valence-electron chi connectivity index (χ4n) is 1.78. The first-order chi connectivity index (χ1) is 7.16. The van der Waals surface area contributed by atoms with Crippen LogP contribution in [0.15, 0.2) is 24.3 Å². The smallest absolute Gasteiger partial charge is 0.0842 e. The lowest BCUT2D eigenvalue weighted by atomic mass is 10.0. The predicted octanol–water partition coefficient (Wildman–Crippen LogP) is 2.01. The summed E-state index contributed by atoms with van der Waals surface area (Å²) in [4.78, 5) is 0. The molecule has 0 aromatic heterocycles. The molecule has 1 aromatic rings. The Morgan fingerprint density at radius 3 is 2.67 bits per heavy atom. The van der Waals surface area contributed by atoms with Crippen molar-refractivity contribution in [2.24, 2.45) is 5.92 Å². The summed E-state index contributed by atoms with van der Waals surface area (Å²) < 4.78 is 0. The molecule has 2 N–H and O–H groups in total. The lowest BCUT2D eigenvalue weighted by Crippen LogP contribution is -2.29. The van der Waals surface area contributed by atoms with Crippen LogP contribution in [-0.4, -0.2) is 22.4 Å². The molecular formula is C12H15ClO2. The maximum atomic E-state index is 9.78. The molecule has 1 aliphatic rings. The summed E-state index contributed by atoms with van der Waals surface area (Å²) in [6, 6.07) is 7.39. The van der Waals surface area contributed by atoms with E-state index in [2.05, 4.69) is 0 Å². The molecule has 2 rings (SSSR count). The number of benzene rings is 1. The van der Waals surface area contributed by atoms with Crippen LogP contribution in [0.25, 0.3) is 0 Å². The molecule has 0 spiro atoms. The van der Waals surface area contributed by atoms with Crippen LogP contribution < -0.4 is 0 Å². The van der Waals surface area contributed by atoms with Gasteiger partial charge in [0.2, 0.25) is 0 Å². The van der Waals surface area contributed by atoms with Gasteiger partial charge in [0.15, 0.2) is 0 Å². The van der Waals surface area contributed by atoms with Gasteiger partial charge in [-0.05, 0) is 36.5 Å². The number of hydrogen-bond donors (Lipinski definition) is 2. The lowest BCUT2D eigenvalue weighted by molar-refractivity contribution is 0.00673. The molecule has 1 aromatic carbocycles. The third-order valence-corrected chi connectivity index (χ3v) is 3.07. The lowest BCUT2D eigenvalue weighted by Gasteiger charge is -2.17. The van der Waals surface area contributed by atoms with Crippen molar-refractivity contribution in [2.75, 3.05) is 0 Å². The van der Waals surface area contributed by atoms with Gasteiger partial charge in [-0.25, -0.2) is 0 Å². The Labute approximate surface area is 94.5 Å². The van der Waals surface area contributed by atoms with Gasteiger partial charge in [-0.2, -0.15) is 0 Å². The van der Waals surface area contributed by atoms with Crippen LogP contribution >= 0.6 is 11.6 Å². The largest absolute Gasteiger partial charge is 0.390 e. The highest BCUT2D eigenvalue weighted by Crippen LogP contribution is 2.34. The van der Waals surface area contributed by atoms with Gasteiger partial charge < -0.3 is 10.2 Å². The molecule has 1 fully saturated rings. The molecule has 0 aliphatic heterocycles. The Kier molecular flexibility index (Phi) is 3.29. The van der Waals surface area contributed by atoms with E-state index in [0.29, 0.717) is 17.4 Å². The van der Waals surface area contributed by atoms with Gasteiger partial charge in [-0.3, -0.25) is 0 Å². The molecule has 3 heteroatoms. The van der Waals surface area contributed by atoms with Crippen molar-refractivity contribution in [1.82, 2.24) is 0 Å². The zero-order valence-corrected chi connectivity index (χ0v) is 9.19. The summed E-state index contributed by atoms with van der Waals surface area (Å²) in [5.41, 5.74) is 0.967. The summed E-state index contributed by atoms with van der Waals surface area (Å²) in [6.07, 6.45) is 1.29. The highest BCUT2D eigenvalue weighted by Gasteiger charge is 2.34. The van der Waals surface area contributed by atoms with Crippen molar-refractivity contribution >= 4 is 11.6 Å². The van der Waals surface area contributed by atoms with Gasteiger partial charge in [0.25, 0.3) is 0 Å². The molecule has 0 bridgehead atoms. The van der Waals surface area contributed by atoms with Crippen molar-refractivity contribution in [3.8, 4) is 0 Å². The van der Waals surface area contributed by atoms with E-state index in [1.165, 1.54) is 0 Å². The van der Waals surface area contributed by atoms with Gasteiger partial charge in [0.05, 0.1) is 12.2 Å². The Hall–Kier alpha value is -0.570. The van der Waals surface area contributed by atoms with E-state index >= 15 is 0 Å². The van der Waals surface area contributed by atoms with Crippen LogP contribution in [0.3, 0.4) is 0 Å². The van der Waals surface area contributed by atoms with E-state index in [1.807, 2.05) is 18.2 Å². The van der Waals surface area contributed by atoms with Crippen LogP contribution in [-0.2, 0) is 6.42 Å². The van der Waals surface area contributed by atoms with Gasteiger partial charge in [0, 0.05) is 11.4 Å². The molecular weight excluding hydrogens is 212 g/mol. The third-order valence-electron chi connectivity index (χ3n) is 2.83. The summed E-state index contributed by atoms with van der Waals surface area (Å²) in [6.45, 7) is 0. The Morgan fingerprint density at radius 2 is 2.07 bits per heavy atom. The van der Waals surface area contributed by atoms with Crippen LogP contribution in [0, 0.1) is 5.92 Å². The average Bonchev–Trinajstić information content (AvgIpc) is 2.99. The average molecular weight is 227 g/mol. The summed E-state index contributed by atoms with van der Waals surface area (Å²) in [5, 5.41) is 20.2. The molecule has 82 valence electrons.